The summed E-state index contributed by atoms with van der Waals surface area (Å²) in [7, 11) is 0. The molecular weight excluding hydrogens is 322 g/mol. The van der Waals surface area contributed by atoms with Crippen LogP contribution in [-0.2, 0) is 0 Å². The van der Waals surface area contributed by atoms with E-state index < -0.39 is 0 Å². The van der Waals surface area contributed by atoms with Crippen molar-refractivity contribution in [3.8, 4) is 5.69 Å². The van der Waals surface area contributed by atoms with E-state index in [2.05, 4.69) is 94.2 Å². The number of benzene rings is 3. The highest BCUT2D eigenvalue weighted by Crippen LogP contribution is 2.32. The third-order valence-corrected chi connectivity index (χ3v) is 4.39. The van der Waals surface area contributed by atoms with Crippen molar-refractivity contribution in [2.75, 3.05) is 0 Å². The molecule has 4 rings (SSSR count). The SMILES string of the molecule is Cc1ccc2c3ccccc3n(-c3cccc(Br)c3)c2c1. The van der Waals surface area contributed by atoms with Crippen LogP contribution in [0.1, 0.15) is 5.56 Å². The third kappa shape index (κ3) is 1.98. The van der Waals surface area contributed by atoms with E-state index in [1.165, 1.54) is 33.1 Å². The summed E-state index contributed by atoms with van der Waals surface area (Å²) >= 11 is 3.58. The molecule has 21 heavy (non-hydrogen) atoms. The number of nitrogens with zero attached hydrogens (tertiary/aromatic N) is 1. The molecule has 0 N–H and O–H groups in total. The van der Waals surface area contributed by atoms with Crippen LogP contribution in [0.15, 0.2) is 71.2 Å². The van der Waals surface area contributed by atoms with Crippen molar-refractivity contribution in [3.05, 3.63) is 76.8 Å². The maximum Gasteiger partial charge on any atom is 0.0543 e. The topological polar surface area (TPSA) is 4.93 Å². The molecule has 1 nitrogen and oxygen atoms in total. The molecule has 0 saturated carbocycles. The molecule has 0 saturated heterocycles. The number of rotatable bonds is 1. The van der Waals surface area contributed by atoms with E-state index in [1.807, 2.05) is 0 Å². The summed E-state index contributed by atoms with van der Waals surface area (Å²) in [6.45, 7) is 2.14. The van der Waals surface area contributed by atoms with Gasteiger partial charge in [0.25, 0.3) is 0 Å². The van der Waals surface area contributed by atoms with Crippen LogP contribution in [0.25, 0.3) is 27.5 Å². The predicted octanol–water partition coefficient (Wildman–Crippen LogP) is 5.85. The molecule has 0 spiro atoms. The highest BCUT2D eigenvalue weighted by molar-refractivity contribution is 9.10. The standard InChI is InChI=1S/C19H14BrN/c1-13-9-10-17-16-7-2-3-8-18(16)21(19(17)11-13)15-6-4-5-14(20)12-15/h2-12H,1H3. The van der Waals surface area contributed by atoms with Gasteiger partial charge in [-0.3, -0.25) is 0 Å². The van der Waals surface area contributed by atoms with E-state index in [0.29, 0.717) is 0 Å². The summed E-state index contributed by atoms with van der Waals surface area (Å²) in [6, 6.07) is 23.7. The van der Waals surface area contributed by atoms with Gasteiger partial charge in [-0.05, 0) is 42.8 Å². The van der Waals surface area contributed by atoms with Gasteiger partial charge in [-0.1, -0.05) is 52.3 Å². The van der Waals surface area contributed by atoms with Crippen LogP contribution in [-0.4, -0.2) is 4.57 Å². The van der Waals surface area contributed by atoms with Crippen molar-refractivity contribution < 1.29 is 0 Å². The lowest BCUT2D eigenvalue weighted by atomic mass is 10.1. The first-order valence-corrected chi connectivity index (χ1v) is 7.79. The molecule has 3 aromatic carbocycles. The summed E-state index contributed by atoms with van der Waals surface area (Å²) < 4.78 is 3.43. The van der Waals surface area contributed by atoms with E-state index in [-0.39, 0.29) is 0 Å². The molecule has 0 aliphatic carbocycles. The zero-order chi connectivity index (χ0) is 14.4. The Morgan fingerprint density at radius 3 is 2.43 bits per heavy atom. The molecule has 0 aliphatic rings. The zero-order valence-corrected chi connectivity index (χ0v) is 13.3. The Bertz CT molecular complexity index is 966. The van der Waals surface area contributed by atoms with Crippen LogP contribution < -0.4 is 0 Å². The Hall–Kier alpha value is -2.06. The quantitative estimate of drug-likeness (QED) is 0.411. The zero-order valence-electron chi connectivity index (χ0n) is 11.7. The van der Waals surface area contributed by atoms with Crippen molar-refractivity contribution in [1.82, 2.24) is 4.57 Å². The van der Waals surface area contributed by atoms with Gasteiger partial charge in [0.15, 0.2) is 0 Å². The average molecular weight is 336 g/mol. The minimum absolute atomic E-state index is 1.10. The maximum absolute atomic E-state index is 3.58. The molecule has 4 aromatic rings. The molecule has 0 amide bonds. The predicted molar refractivity (Wildman–Crippen MR) is 93.2 cm³/mol. The Balaban J connectivity index is 2.21. The van der Waals surface area contributed by atoms with Gasteiger partial charge in [-0.25, -0.2) is 0 Å². The Kier molecular flexibility index (Phi) is 2.86. The first-order chi connectivity index (χ1) is 10.2. The highest BCUT2D eigenvalue weighted by atomic mass is 79.9. The molecular formula is C19H14BrN. The average Bonchev–Trinajstić information content (AvgIpc) is 2.80. The van der Waals surface area contributed by atoms with E-state index >= 15 is 0 Å². The minimum atomic E-state index is 1.10. The molecule has 102 valence electrons. The van der Waals surface area contributed by atoms with Gasteiger partial charge in [0.1, 0.15) is 0 Å². The summed E-state index contributed by atoms with van der Waals surface area (Å²) in [4.78, 5) is 0. The molecule has 0 fully saturated rings. The fraction of sp³-hybridized carbons (Fsp3) is 0.0526. The van der Waals surface area contributed by atoms with Gasteiger partial charge in [-0.15, -0.1) is 0 Å². The second-order valence-corrected chi connectivity index (χ2v) is 6.27. The fourth-order valence-electron chi connectivity index (χ4n) is 2.97. The second kappa shape index (κ2) is 4.74. The lowest BCUT2D eigenvalue weighted by Gasteiger charge is -2.08. The molecule has 1 aromatic heterocycles. The number of aryl methyl sites for hydroxylation is 1. The number of fused-ring (bicyclic) bond motifs is 3. The lowest BCUT2D eigenvalue weighted by molar-refractivity contribution is 1.17. The number of halogens is 1. The van der Waals surface area contributed by atoms with Crippen molar-refractivity contribution in [2.45, 2.75) is 6.92 Å². The van der Waals surface area contributed by atoms with Crippen molar-refractivity contribution in [2.24, 2.45) is 0 Å². The lowest BCUT2D eigenvalue weighted by Crippen LogP contribution is -1.93. The highest BCUT2D eigenvalue weighted by Gasteiger charge is 2.11. The number of para-hydroxylation sites is 1. The van der Waals surface area contributed by atoms with E-state index in [4.69, 9.17) is 0 Å². The Morgan fingerprint density at radius 1 is 0.762 bits per heavy atom. The van der Waals surface area contributed by atoms with Crippen LogP contribution in [0.3, 0.4) is 0 Å². The maximum atomic E-state index is 3.58. The van der Waals surface area contributed by atoms with Crippen LogP contribution in [0, 0.1) is 6.92 Å². The van der Waals surface area contributed by atoms with Crippen LogP contribution >= 0.6 is 15.9 Å². The van der Waals surface area contributed by atoms with E-state index in [0.717, 1.165) is 4.47 Å². The number of aromatic nitrogens is 1. The van der Waals surface area contributed by atoms with Crippen molar-refractivity contribution in [3.63, 3.8) is 0 Å². The molecule has 0 atom stereocenters. The Morgan fingerprint density at radius 2 is 1.57 bits per heavy atom. The molecule has 2 heteroatoms. The second-order valence-electron chi connectivity index (χ2n) is 5.35. The van der Waals surface area contributed by atoms with Crippen LogP contribution in [0.4, 0.5) is 0 Å². The first-order valence-electron chi connectivity index (χ1n) is 7.00. The van der Waals surface area contributed by atoms with Crippen LogP contribution in [0.5, 0.6) is 0 Å². The van der Waals surface area contributed by atoms with Gasteiger partial charge in [0.05, 0.1) is 11.0 Å². The minimum Gasteiger partial charge on any atom is -0.309 e. The normalized spacial score (nSPS) is 11.3. The molecule has 0 bridgehead atoms. The smallest absolute Gasteiger partial charge is 0.0543 e. The Labute approximate surface area is 132 Å². The summed E-state index contributed by atoms with van der Waals surface area (Å²) in [5.41, 5.74) is 4.97. The third-order valence-electron chi connectivity index (χ3n) is 3.90. The molecule has 1 heterocycles. The van der Waals surface area contributed by atoms with Gasteiger partial charge >= 0.3 is 0 Å². The van der Waals surface area contributed by atoms with Gasteiger partial charge in [0.2, 0.25) is 0 Å². The van der Waals surface area contributed by atoms with Gasteiger partial charge in [-0.2, -0.15) is 0 Å². The summed E-state index contributed by atoms with van der Waals surface area (Å²) in [6.07, 6.45) is 0. The largest absolute Gasteiger partial charge is 0.309 e. The van der Waals surface area contributed by atoms with Crippen molar-refractivity contribution >= 4 is 37.7 Å². The summed E-state index contributed by atoms with van der Waals surface area (Å²) in [5, 5.41) is 2.60. The number of hydrogen-bond acceptors (Lipinski definition) is 0. The van der Waals surface area contributed by atoms with E-state index in [1.54, 1.807) is 0 Å². The molecule has 0 aliphatic heterocycles. The summed E-state index contributed by atoms with van der Waals surface area (Å²) in [5.74, 6) is 0. The number of hydrogen-bond donors (Lipinski definition) is 0. The van der Waals surface area contributed by atoms with Crippen LogP contribution in [0.2, 0.25) is 0 Å². The fourth-order valence-corrected chi connectivity index (χ4v) is 3.36. The van der Waals surface area contributed by atoms with Gasteiger partial charge < -0.3 is 4.57 Å². The molecule has 0 radical (unpaired) electrons. The van der Waals surface area contributed by atoms with Gasteiger partial charge in [0, 0.05) is 20.9 Å². The van der Waals surface area contributed by atoms with E-state index in [9.17, 15) is 0 Å². The molecule has 0 unspecified atom stereocenters. The first kappa shape index (κ1) is 12.7. The van der Waals surface area contributed by atoms with Crippen molar-refractivity contribution in [1.29, 1.82) is 0 Å². The monoisotopic (exact) mass is 335 g/mol.